The fraction of sp³-hybridized carbons (Fsp3) is 0.882. The van der Waals surface area contributed by atoms with Crippen LogP contribution in [0.5, 0.6) is 0 Å². The summed E-state index contributed by atoms with van der Waals surface area (Å²) in [7, 11) is 0. The first kappa shape index (κ1) is 15.1. The zero-order valence-electron chi connectivity index (χ0n) is 13.3. The van der Waals surface area contributed by atoms with Crippen molar-refractivity contribution in [2.45, 2.75) is 59.4 Å². The highest BCUT2D eigenvalue weighted by Crippen LogP contribution is 2.36. The molecule has 2 rings (SSSR count). The number of rotatable bonds is 5. The van der Waals surface area contributed by atoms with E-state index in [1.165, 1.54) is 51.9 Å². The Balaban J connectivity index is 1.80. The van der Waals surface area contributed by atoms with Gasteiger partial charge in [0, 0.05) is 19.1 Å². The molecule has 0 radical (unpaired) electrons. The molecule has 110 valence electrons. The van der Waals surface area contributed by atoms with E-state index in [9.17, 15) is 0 Å². The summed E-state index contributed by atoms with van der Waals surface area (Å²) in [5, 5.41) is 3.60. The maximum Gasteiger partial charge on any atom is 0.0169 e. The van der Waals surface area contributed by atoms with Crippen LogP contribution in [0.25, 0.3) is 0 Å². The number of nitrogens with zero attached hydrogens (tertiary/aromatic N) is 1. The van der Waals surface area contributed by atoms with Crippen molar-refractivity contribution in [3.63, 3.8) is 0 Å². The van der Waals surface area contributed by atoms with E-state index in [4.69, 9.17) is 0 Å². The fourth-order valence-corrected chi connectivity index (χ4v) is 3.40. The molecule has 2 unspecified atom stereocenters. The molecule has 19 heavy (non-hydrogen) atoms. The Bertz CT molecular complexity index is 314. The molecular weight excluding hydrogens is 232 g/mol. The van der Waals surface area contributed by atoms with Crippen LogP contribution < -0.4 is 5.32 Å². The second kappa shape index (κ2) is 6.41. The van der Waals surface area contributed by atoms with Gasteiger partial charge in [0.05, 0.1) is 0 Å². The lowest BCUT2D eigenvalue weighted by Crippen LogP contribution is -2.52. The van der Waals surface area contributed by atoms with Gasteiger partial charge in [-0.05, 0) is 50.1 Å². The normalized spacial score (nSPS) is 28.9. The van der Waals surface area contributed by atoms with Crippen LogP contribution in [0.3, 0.4) is 0 Å². The third-order valence-electron chi connectivity index (χ3n) is 4.88. The first-order valence-electron chi connectivity index (χ1n) is 8.16. The van der Waals surface area contributed by atoms with E-state index in [2.05, 4.69) is 44.0 Å². The molecule has 1 N–H and O–H groups in total. The van der Waals surface area contributed by atoms with E-state index in [1.807, 2.05) is 0 Å². The molecule has 2 nitrogen and oxygen atoms in total. The molecule has 0 amide bonds. The van der Waals surface area contributed by atoms with Gasteiger partial charge in [-0.3, -0.25) is 4.90 Å². The Morgan fingerprint density at radius 1 is 1.32 bits per heavy atom. The Morgan fingerprint density at radius 3 is 2.58 bits per heavy atom. The van der Waals surface area contributed by atoms with E-state index in [1.54, 1.807) is 5.57 Å². The van der Waals surface area contributed by atoms with Crippen molar-refractivity contribution < 1.29 is 0 Å². The van der Waals surface area contributed by atoms with E-state index in [0.29, 0.717) is 5.41 Å². The zero-order chi connectivity index (χ0) is 13.9. The lowest BCUT2D eigenvalue weighted by atomic mass is 9.76. The van der Waals surface area contributed by atoms with Gasteiger partial charge >= 0.3 is 0 Å². The van der Waals surface area contributed by atoms with Gasteiger partial charge in [-0.2, -0.15) is 0 Å². The second-order valence-corrected chi connectivity index (χ2v) is 7.33. The molecule has 0 aromatic heterocycles. The van der Waals surface area contributed by atoms with Crippen molar-refractivity contribution in [1.29, 1.82) is 0 Å². The Morgan fingerprint density at radius 2 is 2.11 bits per heavy atom. The zero-order valence-corrected chi connectivity index (χ0v) is 13.3. The van der Waals surface area contributed by atoms with Gasteiger partial charge < -0.3 is 5.32 Å². The molecule has 2 aliphatic rings. The minimum Gasteiger partial charge on any atom is -0.316 e. The van der Waals surface area contributed by atoms with Crippen molar-refractivity contribution in [2.24, 2.45) is 11.3 Å². The van der Waals surface area contributed by atoms with Crippen LogP contribution in [0.2, 0.25) is 0 Å². The number of nitrogens with one attached hydrogen (secondary N) is 1. The first-order valence-corrected chi connectivity index (χ1v) is 8.16. The largest absolute Gasteiger partial charge is 0.316 e. The predicted molar refractivity (Wildman–Crippen MR) is 83.4 cm³/mol. The Labute approximate surface area is 119 Å². The highest BCUT2D eigenvalue weighted by atomic mass is 15.2. The van der Waals surface area contributed by atoms with Crippen molar-refractivity contribution in [3.05, 3.63) is 11.6 Å². The van der Waals surface area contributed by atoms with Crippen LogP contribution in [-0.2, 0) is 0 Å². The van der Waals surface area contributed by atoms with Crippen molar-refractivity contribution in [2.75, 3.05) is 26.2 Å². The maximum absolute atomic E-state index is 3.60. The predicted octanol–water partition coefficient (Wildman–Crippen LogP) is 3.44. The van der Waals surface area contributed by atoms with Crippen LogP contribution in [0.1, 0.15) is 53.4 Å². The molecule has 2 heteroatoms. The summed E-state index contributed by atoms with van der Waals surface area (Å²) in [6.45, 7) is 14.1. The monoisotopic (exact) mass is 264 g/mol. The van der Waals surface area contributed by atoms with Crippen LogP contribution in [-0.4, -0.2) is 37.1 Å². The van der Waals surface area contributed by atoms with E-state index >= 15 is 0 Å². The van der Waals surface area contributed by atoms with Crippen LogP contribution in [0, 0.1) is 11.3 Å². The molecule has 0 aromatic carbocycles. The third kappa shape index (κ3) is 3.82. The summed E-state index contributed by atoms with van der Waals surface area (Å²) in [5.74, 6) is 0.899. The molecule has 1 fully saturated rings. The quantitative estimate of drug-likeness (QED) is 0.604. The lowest BCUT2D eigenvalue weighted by Gasteiger charge is -2.46. The number of hydrogen-bond donors (Lipinski definition) is 1. The minimum absolute atomic E-state index is 0.369. The summed E-state index contributed by atoms with van der Waals surface area (Å²) in [6.07, 6.45) is 7.86. The summed E-state index contributed by atoms with van der Waals surface area (Å²) < 4.78 is 0. The van der Waals surface area contributed by atoms with E-state index < -0.39 is 0 Å². The molecule has 0 saturated heterocycles. The van der Waals surface area contributed by atoms with E-state index in [0.717, 1.165) is 12.0 Å². The molecule has 0 bridgehead atoms. The van der Waals surface area contributed by atoms with Gasteiger partial charge in [0.15, 0.2) is 0 Å². The molecule has 1 heterocycles. The molecule has 1 aliphatic heterocycles. The van der Waals surface area contributed by atoms with Gasteiger partial charge in [-0.1, -0.05) is 39.3 Å². The SMILES string of the molecule is CCCNCC1CCC1N1CC=C(C(C)(C)C)CC1. The summed E-state index contributed by atoms with van der Waals surface area (Å²) in [5.41, 5.74) is 2.03. The van der Waals surface area contributed by atoms with Crippen molar-refractivity contribution in [1.82, 2.24) is 10.2 Å². The third-order valence-corrected chi connectivity index (χ3v) is 4.88. The van der Waals surface area contributed by atoms with Gasteiger partial charge in [0.1, 0.15) is 0 Å². The van der Waals surface area contributed by atoms with Gasteiger partial charge in [-0.15, -0.1) is 0 Å². The standard InChI is InChI=1S/C17H32N2/c1-5-10-18-13-14-6-7-16(14)19-11-8-15(9-12-19)17(2,3)4/h8,14,16,18H,5-7,9-13H2,1-4H3. The first-order chi connectivity index (χ1) is 9.02. The minimum atomic E-state index is 0.369. The lowest BCUT2D eigenvalue weighted by molar-refractivity contribution is 0.0667. The van der Waals surface area contributed by atoms with Gasteiger partial charge in [0.25, 0.3) is 0 Å². The highest BCUT2D eigenvalue weighted by Gasteiger charge is 2.36. The molecule has 0 spiro atoms. The Hall–Kier alpha value is -0.340. The molecule has 0 aromatic rings. The molecule has 2 atom stereocenters. The summed E-state index contributed by atoms with van der Waals surface area (Å²) in [4.78, 5) is 2.72. The fourth-order valence-electron chi connectivity index (χ4n) is 3.40. The topological polar surface area (TPSA) is 15.3 Å². The average molecular weight is 264 g/mol. The van der Waals surface area contributed by atoms with Crippen molar-refractivity contribution >= 4 is 0 Å². The smallest absolute Gasteiger partial charge is 0.0169 e. The van der Waals surface area contributed by atoms with E-state index in [-0.39, 0.29) is 0 Å². The molecule has 1 saturated carbocycles. The Kier molecular flexibility index (Phi) is 5.08. The second-order valence-electron chi connectivity index (χ2n) is 7.33. The molecular formula is C17H32N2. The van der Waals surface area contributed by atoms with Crippen LogP contribution >= 0.6 is 0 Å². The van der Waals surface area contributed by atoms with Gasteiger partial charge in [0.2, 0.25) is 0 Å². The maximum atomic E-state index is 3.60. The summed E-state index contributed by atoms with van der Waals surface area (Å²) >= 11 is 0. The van der Waals surface area contributed by atoms with Gasteiger partial charge in [-0.25, -0.2) is 0 Å². The highest BCUT2D eigenvalue weighted by molar-refractivity contribution is 5.15. The molecule has 1 aliphatic carbocycles. The average Bonchev–Trinajstić information content (AvgIpc) is 2.33. The summed E-state index contributed by atoms with van der Waals surface area (Å²) in [6, 6.07) is 0.849. The van der Waals surface area contributed by atoms with Crippen molar-refractivity contribution in [3.8, 4) is 0 Å². The van der Waals surface area contributed by atoms with Crippen LogP contribution in [0.4, 0.5) is 0 Å². The van der Waals surface area contributed by atoms with Crippen LogP contribution in [0.15, 0.2) is 11.6 Å². The number of hydrogen-bond acceptors (Lipinski definition) is 2.